The summed E-state index contributed by atoms with van der Waals surface area (Å²) in [6.45, 7) is 6.06. The van der Waals surface area contributed by atoms with Gasteiger partial charge in [0.15, 0.2) is 5.82 Å². The zero-order chi connectivity index (χ0) is 15.6. The molecule has 0 aliphatic rings. The number of carbonyl (C=O) groups excluding carboxylic acids is 1. The monoisotopic (exact) mass is 291 g/mol. The summed E-state index contributed by atoms with van der Waals surface area (Å²) in [4.78, 5) is 38.5. The van der Waals surface area contributed by atoms with Gasteiger partial charge in [-0.15, -0.1) is 0 Å². The van der Waals surface area contributed by atoms with Crippen molar-refractivity contribution in [3.05, 3.63) is 44.4 Å². The van der Waals surface area contributed by atoms with E-state index in [9.17, 15) is 14.4 Å². The molecular weight excluding hydrogens is 274 g/mol. The van der Waals surface area contributed by atoms with Gasteiger partial charge in [-0.05, 0) is 0 Å². The quantitative estimate of drug-likeness (QED) is 0.647. The van der Waals surface area contributed by atoms with Crippen LogP contribution in [-0.2, 0) is 16.6 Å². The van der Waals surface area contributed by atoms with Crippen LogP contribution in [0.5, 0.6) is 0 Å². The smallest absolute Gasteiger partial charge is 0.311 e. The van der Waals surface area contributed by atoms with Crippen molar-refractivity contribution < 1.29 is 4.79 Å². The SMILES string of the molecule is CC(C)(C)c1cc(NC(=O)Cc2cc(=O)[nH]c(=O)[nH]2)n[nH]1. The van der Waals surface area contributed by atoms with Gasteiger partial charge in [0.25, 0.3) is 5.56 Å². The molecule has 2 heterocycles. The predicted molar refractivity (Wildman–Crippen MR) is 77.3 cm³/mol. The van der Waals surface area contributed by atoms with E-state index in [1.807, 2.05) is 25.8 Å². The van der Waals surface area contributed by atoms with Crippen molar-refractivity contribution in [3.63, 3.8) is 0 Å². The van der Waals surface area contributed by atoms with Gasteiger partial charge in [-0.1, -0.05) is 20.8 Å². The number of hydrogen-bond acceptors (Lipinski definition) is 4. The minimum absolute atomic E-state index is 0.103. The number of amides is 1. The fourth-order valence-electron chi connectivity index (χ4n) is 1.74. The minimum atomic E-state index is -0.639. The lowest BCUT2D eigenvalue weighted by Gasteiger charge is -2.14. The molecule has 2 rings (SSSR count). The van der Waals surface area contributed by atoms with Gasteiger partial charge in [-0.3, -0.25) is 19.7 Å². The van der Waals surface area contributed by atoms with Crippen LogP contribution in [0.15, 0.2) is 21.7 Å². The lowest BCUT2D eigenvalue weighted by molar-refractivity contribution is -0.115. The average molecular weight is 291 g/mol. The van der Waals surface area contributed by atoms with E-state index in [0.717, 1.165) is 5.69 Å². The third-order valence-electron chi connectivity index (χ3n) is 2.82. The Hall–Kier alpha value is -2.64. The molecule has 21 heavy (non-hydrogen) atoms. The van der Waals surface area contributed by atoms with Crippen molar-refractivity contribution in [1.29, 1.82) is 0 Å². The van der Waals surface area contributed by atoms with E-state index in [2.05, 4.69) is 20.5 Å². The van der Waals surface area contributed by atoms with Crippen molar-refractivity contribution in [2.24, 2.45) is 0 Å². The first-order valence-corrected chi connectivity index (χ1v) is 6.42. The summed E-state index contributed by atoms with van der Waals surface area (Å²) in [5.41, 5.74) is -0.153. The summed E-state index contributed by atoms with van der Waals surface area (Å²) in [5, 5.41) is 9.46. The number of carbonyl (C=O) groups is 1. The molecule has 0 aliphatic carbocycles. The molecule has 8 heteroatoms. The van der Waals surface area contributed by atoms with Gasteiger partial charge in [-0.2, -0.15) is 5.10 Å². The highest BCUT2D eigenvalue weighted by atomic mass is 16.2. The minimum Gasteiger partial charge on any atom is -0.311 e. The zero-order valence-electron chi connectivity index (χ0n) is 12.0. The fraction of sp³-hybridized carbons (Fsp3) is 0.385. The molecule has 0 atom stereocenters. The van der Waals surface area contributed by atoms with Crippen LogP contribution in [0.2, 0.25) is 0 Å². The molecule has 4 N–H and O–H groups in total. The number of nitrogens with one attached hydrogen (secondary N) is 4. The number of rotatable bonds is 3. The van der Waals surface area contributed by atoms with E-state index in [0.29, 0.717) is 5.82 Å². The Morgan fingerprint density at radius 1 is 1.24 bits per heavy atom. The van der Waals surface area contributed by atoms with E-state index in [-0.39, 0.29) is 23.4 Å². The maximum atomic E-state index is 11.9. The summed E-state index contributed by atoms with van der Waals surface area (Å²) in [5.74, 6) is 0.0281. The Labute approximate surface area is 120 Å². The van der Waals surface area contributed by atoms with Crippen LogP contribution in [0, 0.1) is 0 Å². The van der Waals surface area contributed by atoms with Gasteiger partial charge < -0.3 is 10.3 Å². The van der Waals surface area contributed by atoms with Crippen LogP contribution in [0.1, 0.15) is 32.2 Å². The highest BCUT2D eigenvalue weighted by molar-refractivity contribution is 5.91. The zero-order valence-corrected chi connectivity index (χ0v) is 12.0. The van der Waals surface area contributed by atoms with E-state index in [1.54, 1.807) is 6.07 Å². The predicted octanol–water partition coefficient (Wildman–Crippen LogP) is 0.265. The Morgan fingerprint density at radius 2 is 1.95 bits per heavy atom. The molecule has 0 saturated heterocycles. The molecule has 0 bridgehead atoms. The van der Waals surface area contributed by atoms with Crippen molar-refractivity contribution in [2.75, 3.05) is 5.32 Å². The van der Waals surface area contributed by atoms with E-state index >= 15 is 0 Å². The summed E-state index contributed by atoms with van der Waals surface area (Å²) in [6.07, 6.45) is -0.114. The van der Waals surface area contributed by atoms with Crippen LogP contribution in [-0.4, -0.2) is 26.1 Å². The van der Waals surface area contributed by atoms with E-state index in [4.69, 9.17) is 0 Å². The van der Waals surface area contributed by atoms with Crippen LogP contribution in [0.25, 0.3) is 0 Å². The van der Waals surface area contributed by atoms with Crippen LogP contribution < -0.4 is 16.6 Å². The molecule has 0 radical (unpaired) electrons. The van der Waals surface area contributed by atoms with Crippen molar-refractivity contribution in [1.82, 2.24) is 20.2 Å². The lowest BCUT2D eigenvalue weighted by Crippen LogP contribution is -2.25. The topological polar surface area (TPSA) is 124 Å². The molecule has 0 spiro atoms. The number of aromatic amines is 3. The Bertz CT molecular complexity index is 735. The Kier molecular flexibility index (Phi) is 3.79. The molecule has 0 aromatic carbocycles. The first-order valence-electron chi connectivity index (χ1n) is 6.42. The lowest BCUT2D eigenvalue weighted by atomic mass is 9.92. The molecule has 0 saturated carbocycles. The summed E-state index contributed by atoms with van der Waals surface area (Å²) in [7, 11) is 0. The number of hydrogen-bond donors (Lipinski definition) is 4. The van der Waals surface area contributed by atoms with Gasteiger partial charge in [0.2, 0.25) is 5.91 Å². The summed E-state index contributed by atoms with van der Waals surface area (Å²) in [6, 6.07) is 2.92. The Balaban J connectivity index is 2.06. The maximum Gasteiger partial charge on any atom is 0.325 e. The van der Waals surface area contributed by atoms with Gasteiger partial charge in [0.1, 0.15) is 0 Å². The second kappa shape index (κ2) is 5.39. The highest BCUT2D eigenvalue weighted by Crippen LogP contribution is 2.21. The normalized spacial score (nSPS) is 11.4. The van der Waals surface area contributed by atoms with Crippen molar-refractivity contribution in [2.45, 2.75) is 32.6 Å². The van der Waals surface area contributed by atoms with Gasteiger partial charge in [0.05, 0.1) is 6.42 Å². The second-order valence-electron chi connectivity index (χ2n) is 5.75. The second-order valence-corrected chi connectivity index (χ2v) is 5.75. The summed E-state index contributed by atoms with van der Waals surface area (Å²) >= 11 is 0. The van der Waals surface area contributed by atoms with Crippen LogP contribution in [0.4, 0.5) is 5.82 Å². The third kappa shape index (κ3) is 3.91. The largest absolute Gasteiger partial charge is 0.325 e. The Morgan fingerprint density at radius 3 is 2.52 bits per heavy atom. The first-order chi connectivity index (χ1) is 9.74. The molecular formula is C13H17N5O3. The molecule has 8 nitrogen and oxygen atoms in total. The van der Waals surface area contributed by atoms with Gasteiger partial charge in [0, 0.05) is 28.9 Å². The van der Waals surface area contributed by atoms with E-state index in [1.165, 1.54) is 6.07 Å². The first kappa shape index (κ1) is 14.8. The molecule has 0 aliphatic heterocycles. The molecule has 0 fully saturated rings. The van der Waals surface area contributed by atoms with Crippen LogP contribution >= 0.6 is 0 Å². The van der Waals surface area contributed by atoms with Crippen LogP contribution in [0.3, 0.4) is 0 Å². The average Bonchev–Trinajstić information content (AvgIpc) is 2.75. The van der Waals surface area contributed by atoms with Gasteiger partial charge >= 0.3 is 5.69 Å². The van der Waals surface area contributed by atoms with Crippen molar-refractivity contribution in [3.8, 4) is 0 Å². The number of anilines is 1. The van der Waals surface area contributed by atoms with Crippen molar-refractivity contribution >= 4 is 11.7 Å². The third-order valence-corrected chi connectivity index (χ3v) is 2.82. The number of aromatic nitrogens is 4. The number of H-pyrrole nitrogens is 3. The highest BCUT2D eigenvalue weighted by Gasteiger charge is 2.17. The summed E-state index contributed by atoms with van der Waals surface area (Å²) < 4.78 is 0. The van der Waals surface area contributed by atoms with E-state index < -0.39 is 11.2 Å². The maximum absolute atomic E-state index is 11.9. The number of nitrogens with zero attached hydrogens (tertiary/aromatic N) is 1. The standard InChI is InChI=1S/C13H17N5O3/c1-13(2,3)8-6-9(18-17-8)15-10(19)4-7-5-11(20)16-12(21)14-7/h5-6H,4H2,1-3H3,(H2,14,16,20,21)(H2,15,17,18,19). The van der Waals surface area contributed by atoms with Gasteiger partial charge in [-0.25, -0.2) is 4.79 Å². The molecule has 0 unspecified atom stereocenters. The molecule has 2 aromatic rings. The molecule has 1 amide bonds. The fourth-order valence-corrected chi connectivity index (χ4v) is 1.74. The molecule has 2 aromatic heterocycles. The molecule has 112 valence electrons.